The SMILES string of the molecule is Cn1cc(-c2ccc3ncnc(C4(N)CCC(N)CC4)c3c2)cn1. The summed E-state index contributed by atoms with van der Waals surface area (Å²) in [6.45, 7) is 0. The second-order valence-corrected chi connectivity index (χ2v) is 6.85. The molecule has 4 rings (SSSR count). The lowest BCUT2D eigenvalue weighted by atomic mass is 9.77. The molecule has 2 aromatic heterocycles. The van der Waals surface area contributed by atoms with Crippen molar-refractivity contribution in [3.8, 4) is 11.1 Å². The van der Waals surface area contributed by atoms with Gasteiger partial charge in [-0.25, -0.2) is 9.97 Å². The van der Waals surface area contributed by atoms with E-state index in [9.17, 15) is 0 Å². The molecule has 0 atom stereocenters. The number of aryl methyl sites for hydroxylation is 1. The summed E-state index contributed by atoms with van der Waals surface area (Å²) in [4.78, 5) is 8.98. The average Bonchev–Trinajstić information content (AvgIpc) is 3.03. The molecule has 0 saturated heterocycles. The fourth-order valence-corrected chi connectivity index (χ4v) is 3.60. The number of hydrogen-bond donors (Lipinski definition) is 2. The Kier molecular flexibility index (Phi) is 3.58. The maximum Gasteiger partial charge on any atom is 0.116 e. The van der Waals surface area contributed by atoms with Crippen molar-refractivity contribution < 1.29 is 0 Å². The van der Waals surface area contributed by atoms with Gasteiger partial charge in [0.05, 0.1) is 22.9 Å². The van der Waals surface area contributed by atoms with Crippen LogP contribution < -0.4 is 11.5 Å². The summed E-state index contributed by atoms with van der Waals surface area (Å²) in [5.74, 6) is 0. The molecular formula is C18H22N6. The highest BCUT2D eigenvalue weighted by Gasteiger charge is 2.34. The van der Waals surface area contributed by atoms with Crippen LogP contribution in [0.3, 0.4) is 0 Å². The molecule has 2 heterocycles. The third kappa shape index (κ3) is 2.57. The maximum atomic E-state index is 6.74. The topological polar surface area (TPSA) is 95.6 Å². The highest BCUT2D eigenvalue weighted by molar-refractivity contribution is 5.86. The van der Waals surface area contributed by atoms with Gasteiger partial charge >= 0.3 is 0 Å². The molecule has 1 saturated carbocycles. The molecule has 1 aliphatic carbocycles. The van der Waals surface area contributed by atoms with Crippen molar-refractivity contribution in [3.63, 3.8) is 0 Å². The number of rotatable bonds is 2. The minimum absolute atomic E-state index is 0.251. The van der Waals surface area contributed by atoms with E-state index >= 15 is 0 Å². The van der Waals surface area contributed by atoms with Gasteiger partial charge in [0.1, 0.15) is 6.33 Å². The van der Waals surface area contributed by atoms with Crippen LogP contribution >= 0.6 is 0 Å². The highest BCUT2D eigenvalue weighted by Crippen LogP contribution is 2.37. The van der Waals surface area contributed by atoms with Crippen molar-refractivity contribution in [3.05, 3.63) is 42.6 Å². The Balaban J connectivity index is 1.83. The predicted molar refractivity (Wildman–Crippen MR) is 94.0 cm³/mol. The molecule has 1 aromatic carbocycles. The third-order valence-electron chi connectivity index (χ3n) is 5.07. The molecule has 0 amide bonds. The van der Waals surface area contributed by atoms with Crippen molar-refractivity contribution in [1.29, 1.82) is 0 Å². The molecule has 0 unspecified atom stereocenters. The van der Waals surface area contributed by atoms with Crippen molar-refractivity contribution in [2.24, 2.45) is 18.5 Å². The van der Waals surface area contributed by atoms with Crippen molar-refractivity contribution in [2.45, 2.75) is 37.3 Å². The monoisotopic (exact) mass is 322 g/mol. The van der Waals surface area contributed by atoms with Gasteiger partial charge in [-0.1, -0.05) is 6.07 Å². The van der Waals surface area contributed by atoms with Crippen LogP contribution in [0.4, 0.5) is 0 Å². The minimum atomic E-state index is -0.426. The molecule has 4 N–H and O–H groups in total. The second-order valence-electron chi connectivity index (χ2n) is 6.85. The molecule has 0 spiro atoms. The smallest absolute Gasteiger partial charge is 0.116 e. The molecule has 1 aliphatic rings. The first-order valence-electron chi connectivity index (χ1n) is 8.34. The summed E-state index contributed by atoms with van der Waals surface area (Å²) in [5, 5.41) is 5.28. The zero-order valence-corrected chi connectivity index (χ0v) is 13.8. The number of benzene rings is 1. The molecule has 0 bridgehead atoms. The van der Waals surface area contributed by atoms with Crippen LogP contribution in [-0.4, -0.2) is 25.8 Å². The molecule has 3 aromatic rings. The lowest BCUT2D eigenvalue weighted by molar-refractivity contribution is 0.273. The van der Waals surface area contributed by atoms with Gasteiger partial charge in [0.2, 0.25) is 0 Å². The summed E-state index contributed by atoms with van der Waals surface area (Å²) < 4.78 is 1.80. The average molecular weight is 322 g/mol. The Morgan fingerprint density at radius 1 is 1.17 bits per heavy atom. The fourth-order valence-electron chi connectivity index (χ4n) is 3.60. The summed E-state index contributed by atoms with van der Waals surface area (Å²) in [6, 6.07) is 6.47. The summed E-state index contributed by atoms with van der Waals surface area (Å²) >= 11 is 0. The molecule has 0 aliphatic heterocycles. The second kappa shape index (κ2) is 5.65. The predicted octanol–water partition coefficient (Wildman–Crippen LogP) is 2.09. The summed E-state index contributed by atoms with van der Waals surface area (Å²) in [6.07, 6.45) is 9.07. The number of fused-ring (bicyclic) bond motifs is 1. The van der Waals surface area contributed by atoms with Crippen LogP contribution in [0.2, 0.25) is 0 Å². The van der Waals surface area contributed by atoms with Gasteiger partial charge in [-0.2, -0.15) is 5.10 Å². The van der Waals surface area contributed by atoms with E-state index in [-0.39, 0.29) is 6.04 Å². The van der Waals surface area contributed by atoms with E-state index < -0.39 is 5.54 Å². The highest BCUT2D eigenvalue weighted by atomic mass is 15.2. The molecule has 124 valence electrons. The van der Waals surface area contributed by atoms with Gasteiger partial charge < -0.3 is 11.5 Å². The zero-order chi connectivity index (χ0) is 16.7. The molecule has 6 heteroatoms. The van der Waals surface area contributed by atoms with Crippen LogP contribution in [0.15, 0.2) is 36.9 Å². The molecule has 0 radical (unpaired) electrons. The molecule has 24 heavy (non-hydrogen) atoms. The van der Waals surface area contributed by atoms with Crippen LogP contribution in [-0.2, 0) is 12.6 Å². The Morgan fingerprint density at radius 3 is 2.67 bits per heavy atom. The van der Waals surface area contributed by atoms with Crippen LogP contribution in [0, 0.1) is 0 Å². The van der Waals surface area contributed by atoms with E-state index in [0.29, 0.717) is 0 Å². The third-order valence-corrected chi connectivity index (χ3v) is 5.07. The normalized spacial score (nSPS) is 24.4. The van der Waals surface area contributed by atoms with Gasteiger partial charge in [-0.3, -0.25) is 4.68 Å². The summed E-state index contributed by atoms with van der Waals surface area (Å²) in [7, 11) is 1.92. The van der Waals surface area contributed by atoms with E-state index in [1.807, 2.05) is 25.5 Å². The zero-order valence-electron chi connectivity index (χ0n) is 13.8. The van der Waals surface area contributed by atoms with Gasteiger partial charge in [-0.15, -0.1) is 0 Å². The van der Waals surface area contributed by atoms with E-state index in [1.54, 1.807) is 11.0 Å². The van der Waals surface area contributed by atoms with E-state index in [0.717, 1.165) is 53.4 Å². The molecule has 1 fully saturated rings. The van der Waals surface area contributed by atoms with Crippen molar-refractivity contribution in [2.75, 3.05) is 0 Å². The van der Waals surface area contributed by atoms with Gasteiger partial charge in [0.25, 0.3) is 0 Å². The van der Waals surface area contributed by atoms with Crippen molar-refractivity contribution in [1.82, 2.24) is 19.7 Å². The maximum absolute atomic E-state index is 6.74. The summed E-state index contributed by atoms with van der Waals surface area (Å²) in [5.41, 5.74) is 16.4. The number of aromatic nitrogens is 4. The quantitative estimate of drug-likeness (QED) is 0.753. The lowest BCUT2D eigenvalue weighted by Gasteiger charge is -2.36. The van der Waals surface area contributed by atoms with E-state index in [1.165, 1.54) is 0 Å². The fraction of sp³-hybridized carbons (Fsp3) is 0.389. The van der Waals surface area contributed by atoms with E-state index in [2.05, 4.69) is 27.2 Å². The number of hydrogen-bond acceptors (Lipinski definition) is 5. The van der Waals surface area contributed by atoms with Gasteiger partial charge in [-0.05, 0) is 43.4 Å². The number of nitrogens with zero attached hydrogens (tertiary/aromatic N) is 4. The largest absolute Gasteiger partial charge is 0.328 e. The first-order valence-corrected chi connectivity index (χ1v) is 8.34. The van der Waals surface area contributed by atoms with Crippen LogP contribution in [0.25, 0.3) is 22.0 Å². The Labute approximate surface area is 140 Å². The first kappa shape index (κ1) is 15.2. The standard InChI is InChI=1S/C18H22N6/c1-24-10-13(9-23-24)12-2-3-16-15(8-12)17(22-11-21-16)18(20)6-4-14(19)5-7-18/h2-3,8-11,14H,4-7,19-20H2,1H3. The lowest BCUT2D eigenvalue weighted by Crippen LogP contribution is -2.44. The number of nitrogens with two attached hydrogens (primary N) is 2. The molecular weight excluding hydrogens is 300 g/mol. The minimum Gasteiger partial charge on any atom is -0.328 e. The Morgan fingerprint density at radius 2 is 1.96 bits per heavy atom. The van der Waals surface area contributed by atoms with E-state index in [4.69, 9.17) is 11.5 Å². The molecule has 6 nitrogen and oxygen atoms in total. The van der Waals surface area contributed by atoms with Crippen LogP contribution in [0.5, 0.6) is 0 Å². The Bertz CT molecular complexity index is 876. The Hall–Kier alpha value is -2.31. The first-order chi connectivity index (χ1) is 11.5. The van der Waals surface area contributed by atoms with Crippen molar-refractivity contribution >= 4 is 10.9 Å². The van der Waals surface area contributed by atoms with Gasteiger partial charge in [0, 0.05) is 30.2 Å². The van der Waals surface area contributed by atoms with Gasteiger partial charge in [0.15, 0.2) is 0 Å². The van der Waals surface area contributed by atoms with Crippen LogP contribution in [0.1, 0.15) is 31.4 Å².